The molecule has 5 heteroatoms. The Morgan fingerprint density at radius 1 is 1.06 bits per heavy atom. The van der Waals surface area contributed by atoms with Gasteiger partial charge in [-0.3, -0.25) is 4.79 Å². The molecule has 0 bridgehead atoms. The zero-order chi connectivity index (χ0) is 25.5. The zero-order valence-electron chi connectivity index (χ0n) is 22.0. The van der Waals surface area contributed by atoms with E-state index in [1.165, 1.54) is 36.1 Å². The maximum absolute atomic E-state index is 10.7. The highest BCUT2D eigenvalue weighted by atomic mass is 32.2. The number of aryl methyl sites for hydroxylation is 1. The molecular formula is C30H40O4S. The maximum atomic E-state index is 10.7. The number of carboxylic acids is 1. The highest BCUT2D eigenvalue weighted by Crippen LogP contribution is 2.46. The molecule has 0 radical (unpaired) electrons. The first kappa shape index (κ1) is 27.3. The summed E-state index contributed by atoms with van der Waals surface area (Å²) in [6.45, 7) is 11.1. The Morgan fingerprint density at radius 2 is 1.86 bits per heavy atom. The van der Waals surface area contributed by atoms with E-state index in [9.17, 15) is 4.79 Å². The lowest BCUT2D eigenvalue weighted by atomic mass is 9.73. The molecule has 2 heterocycles. The summed E-state index contributed by atoms with van der Waals surface area (Å²) in [5.74, 6) is 9.41. The normalized spacial score (nSPS) is 15.6. The van der Waals surface area contributed by atoms with Gasteiger partial charge in [0.25, 0.3) is 0 Å². The SMILES string of the molecule is CCCCCCSc1cc2c(cc1C#Cc1ccc(CCCCC(=O)O)o1)C(C)(C)CC(C)(C)O2. The van der Waals surface area contributed by atoms with Crippen molar-refractivity contribution < 1.29 is 19.1 Å². The molecule has 1 aliphatic rings. The molecule has 4 nitrogen and oxygen atoms in total. The van der Waals surface area contributed by atoms with Crippen LogP contribution in [0.2, 0.25) is 0 Å². The van der Waals surface area contributed by atoms with Gasteiger partial charge in [0.2, 0.25) is 0 Å². The van der Waals surface area contributed by atoms with Crippen molar-refractivity contribution in [2.45, 2.75) is 108 Å². The minimum atomic E-state index is -0.753. The number of carboxylic acid groups (broad SMARTS) is 1. The van der Waals surface area contributed by atoms with Crippen molar-refractivity contribution in [1.29, 1.82) is 0 Å². The largest absolute Gasteiger partial charge is 0.487 e. The third kappa shape index (κ3) is 8.10. The van der Waals surface area contributed by atoms with Crippen LogP contribution in [0.25, 0.3) is 0 Å². The third-order valence-corrected chi connectivity index (χ3v) is 7.51. The Labute approximate surface area is 215 Å². The van der Waals surface area contributed by atoms with Crippen LogP contribution in [-0.4, -0.2) is 22.4 Å². The van der Waals surface area contributed by atoms with Gasteiger partial charge in [0.15, 0.2) is 5.76 Å². The van der Waals surface area contributed by atoms with Crippen LogP contribution < -0.4 is 4.74 Å². The van der Waals surface area contributed by atoms with E-state index in [2.05, 4.69) is 58.6 Å². The van der Waals surface area contributed by atoms with Gasteiger partial charge in [-0.25, -0.2) is 0 Å². The van der Waals surface area contributed by atoms with E-state index >= 15 is 0 Å². The molecule has 0 spiro atoms. The summed E-state index contributed by atoms with van der Waals surface area (Å²) in [4.78, 5) is 11.9. The Morgan fingerprint density at radius 3 is 2.60 bits per heavy atom. The molecule has 3 rings (SSSR count). The molecule has 0 aliphatic carbocycles. The van der Waals surface area contributed by atoms with Crippen molar-refractivity contribution in [3.8, 4) is 17.6 Å². The number of hydrogen-bond donors (Lipinski definition) is 1. The molecule has 0 amide bonds. The fourth-order valence-corrected chi connectivity index (χ4v) is 5.90. The molecule has 0 saturated carbocycles. The van der Waals surface area contributed by atoms with Gasteiger partial charge in [-0.15, -0.1) is 11.8 Å². The second-order valence-electron chi connectivity index (χ2n) is 10.8. The van der Waals surface area contributed by atoms with Gasteiger partial charge in [-0.05, 0) is 80.9 Å². The van der Waals surface area contributed by atoms with E-state index in [0.29, 0.717) is 12.2 Å². The summed E-state index contributed by atoms with van der Waals surface area (Å²) in [5, 5.41) is 8.79. The fraction of sp³-hybridized carbons (Fsp3) is 0.567. The number of benzene rings is 1. The van der Waals surface area contributed by atoms with Crippen molar-refractivity contribution in [1.82, 2.24) is 0 Å². The number of rotatable bonds is 11. The van der Waals surface area contributed by atoms with Gasteiger partial charge in [-0.1, -0.05) is 46.0 Å². The molecule has 1 aliphatic heterocycles. The Hall–Kier alpha value is -2.32. The smallest absolute Gasteiger partial charge is 0.303 e. The molecule has 0 fully saturated rings. The van der Waals surface area contributed by atoms with Crippen LogP contribution in [0.4, 0.5) is 0 Å². The number of hydrogen-bond acceptors (Lipinski definition) is 4. The summed E-state index contributed by atoms with van der Waals surface area (Å²) in [6, 6.07) is 8.27. The summed E-state index contributed by atoms with van der Waals surface area (Å²) < 4.78 is 12.3. The molecule has 1 N–H and O–H groups in total. The molecule has 2 aromatic rings. The molecule has 0 atom stereocenters. The maximum Gasteiger partial charge on any atom is 0.303 e. The third-order valence-electron chi connectivity index (χ3n) is 6.37. The number of fused-ring (bicyclic) bond motifs is 1. The second kappa shape index (κ2) is 12.1. The predicted molar refractivity (Wildman–Crippen MR) is 144 cm³/mol. The monoisotopic (exact) mass is 496 g/mol. The summed E-state index contributed by atoms with van der Waals surface area (Å²) >= 11 is 1.87. The first-order valence-electron chi connectivity index (χ1n) is 12.9. The van der Waals surface area contributed by atoms with E-state index in [4.69, 9.17) is 14.3 Å². The minimum absolute atomic E-state index is 0.00559. The number of aliphatic carboxylic acids is 1. The number of unbranched alkanes of at least 4 members (excludes halogenated alkanes) is 4. The Balaban J connectivity index is 1.81. The Kier molecular flexibility index (Phi) is 9.41. The van der Waals surface area contributed by atoms with Crippen LogP contribution in [-0.2, 0) is 16.6 Å². The molecule has 1 aromatic heterocycles. The lowest BCUT2D eigenvalue weighted by molar-refractivity contribution is -0.137. The predicted octanol–water partition coefficient (Wildman–Crippen LogP) is 7.99. The summed E-state index contributed by atoms with van der Waals surface area (Å²) in [5.41, 5.74) is 2.06. The number of thioether (sulfide) groups is 1. The van der Waals surface area contributed by atoms with Gasteiger partial charge in [0.05, 0.1) is 0 Å². The van der Waals surface area contributed by atoms with Crippen LogP contribution in [0.3, 0.4) is 0 Å². The minimum Gasteiger partial charge on any atom is -0.487 e. The van der Waals surface area contributed by atoms with Crippen molar-refractivity contribution in [2.24, 2.45) is 0 Å². The van der Waals surface area contributed by atoms with Crippen molar-refractivity contribution in [2.75, 3.05) is 5.75 Å². The van der Waals surface area contributed by atoms with Crippen LogP contribution in [0.1, 0.15) is 109 Å². The van der Waals surface area contributed by atoms with Crippen molar-refractivity contribution in [3.05, 3.63) is 46.9 Å². The quantitative estimate of drug-likeness (QED) is 0.194. The van der Waals surface area contributed by atoms with Crippen LogP contribution in [0, 0.1) is 11.8 Å². The standard InChI is InChI=1S/C30H40O4S/c1-6-7-8-11-18-35-27-20-26-25(29(2,3)21-30(4,5)34-26)19-22(27)14-15-24-17-16-23(33-24)12-9-10-13-28(31)32/h16-17,19-20H,6-13,18,21H2,1-5H3,(H,31,32). The van der Waals surface area contributed by atoms with Crippen LogP contribution in [0.15, 0.2) is 33.6 Å². The van der Waals surface area contributed by atoms with Crippen LogP contribution in [0.5, 0.6) is 5.75 Å². The fourth-order valence-electron chi connectivity index (χ4n) is 4.88. The van der Waals surface area contributed by atoms with Crippen LogP contribution >= 0.6 is 11.8 Å². The lowest BCUT2D eigenvalue weighted by Gasteiger charge is -2.42. The van der Waals surface area contributed by atoms with Gasteiger partial charge in [-0.2, -0.15) is 0 Å². The zero-order valence-corrected chi connectivity index (χ0v) is 22.8. The topological polar surface area (TPSA) is 59.7 Å². The van der Waals surface area contributed by atoms with E-state index in [1.54, 1.807) is 0 Å². The lowest BCUT2D eigenvalue weighted by Crippen LogP contribution is -2.41. The molecule has 35 heavy (non-hydrogen) atoms. The first-order valence-corrected chi connectivity index (χ1v) is 13.9. The number of ether oxygens (including phenoxy) is 1. The highest BCUT2D eigenvalue weighted by Gasteiger charge is 2.39. The van der Waals surface area contributed by atoms with Gasteiger partial charge >= 0.3 is 5.97 Å². The molecular weight excluding hydrogens is 456 g/mol. The highest BCUT2D eigenvalue weighted by molar-refractivity contribution is 7.99. The summed E-state index contributed by atoms with van der Waals surface area (Å²) in [7, 11) is 0. The van der Waals surface area contributed by atoms with Gasteiger partial charge in [0.1, 0.15) is 17.1 Å². The molecule has 0 unspecified atom stereocenters. The Bertz CT molecular complexity index is 1070. The van der Waals surface area contributed by atoms with E-state index < -0.39 is 5.97 Å². The van der Waals surface area contributed by atoms with E-state index in [-0.39, 0.29) is 17.4 Å². The van der Waals surface area contributed by atoms with Gasteiger partial charge in [0, 0.05) is 28.9 Å². The average Bonchev–Trinajstić information content (AvgIpc) is 3.21. The van der Waals surface area contributed by atoms with Crippen molar-refractivity contribution in [3.63, 3.8) is 0 Å². The van der Waals surface area contributed by atoms with Crippen molar-refractivity contribution >= 4 is 17.7 Å². The average molecular weight is 497 g/mol. The molecule has 0 saturated heterocycles. The first-order chi connectivity index (χ1) is 16.6. The number of furan rings is 1. The molecule has 190 valence electrons. The van der Waals surface area contributed by atoms with E-state index in [1.807, 2.05) is 23.9 Å². The van der Waals surface area contributed by atoms with E-state index in [0.717, 1.165) is 42.1 Å². The molecule has 1 aromatic carbocycles. The second-order valence-corrected chi connectivity index (χ2v) is 11.9. The summed E-state index contributed by atoms with van der Waals surface area (Å²) in [6.07, 6.45) is 8.30. The van der Waals surface area contributed by atoms with Gasteiger partial charge < -0.3 is 14.3 Å². The number of carbonyl (C=O) groups is 1.